The Bertz CT molecular complexity index is 1430. The quantitative estimate of drug-likeness (QED) is 0.321. The number of ketones is 1. The summed E-state index contributed by atoms with van der Waals surface area (Å²) in [6.07, 6.45) is 1.58. The lowest BCUT2D eigenvalue weighted by Gasteiger charge is -2.16. The Morgan fingerprint density at radius 1 is 0.909 bits per heavy atom. The molecule has 4 aromatic rings. The predicted molar refractivity (Wildman–Crippen MR) is 131 cm³/mol. The fourth-order valence-corrected chi connectivity index (χ4v) is 4.03. The van der Waals surface area contributed by atoms with E-state index in [-0.39, 0.29) is 16.8 Å². The first kappa shape index (κ1) is 22.9. The first-order valence-electron chi connectivity index (χ1n) is 10.2. The molecule has 0 unspecified atom stereocenters. The zero-order chi connectivity index (χ0) is 23.7. The van der Waals surface area contributed by atoms with Crippen molar-refractivity contribution in [3.05, 3.63) is 103 Å². The molecule has 0 fully saturated rings. The second-order valence-corrected chi connectivity index (χ2v) is 8.48. The van der Waals surface area contributed by atoms with E-state index < -0.39 is 0 Å². The summed E-state index contributed by atoms with van der Waals surface area (Å²) in [5, 5.41) is 1.23. The number of ether oxygens (including phenoxy) is 2. The highest BCUT2D eigenvalue weighted by atomic mass is 35.5. The number of nitrogens with zero attached hydrogens (tertiary/aromatic N) is 1. The fourth-order valence-electron chi connectivity index (χ4n) is 3.70. The van der Waals surface area contributed by atoms with Crippen molar-refractivity contribution >= 4 is 39.9 Å². The lowest BCUT2D eigenvalue weighted by molar-refractivity contribution is 0.103. The summed E-state index contributed by atoms with van der Waals surface area (Å²) in [6.45, 7) is 2.30. The second-order valence-electron chi connectivity index (χ2n) is 7.67. The van der Waals surface area contributed by atoms with E-state index in [4.69, 9.17) is 32.7 Å². The third-order valence-electron chi connectivity index (χ3n) is 5.48. The normalized spacial score (nSPS) is 10.9. The van der Waals surface area contributed by atoms with Crippen molar-refractivity contribution in [2.45, 2.75) is 13.5 Å². The van der Waals surface area contributed by atoms with Crippen LogP contribution in [0.3, 0.4) is 0 Å². The molecule has 3 aromatic carbocycles. The second kappa shape index (κ2) is 9.30. The smallest absolute Gasteiger partial charge is 0.200 e. The molecule has 0 aliphatic carbocycles. The van der Waals surface area contributed by atoms with Gasteiger partial charge in [0.15, 0.2) is 17.3 Å². The highest BCUT2D eigenvalue weighted by Crippen LogP contribution is 2.32. The molecule has 0 aliphatic heterocycles. The highest BCUT2D eigenvalue weighted by Gasteiger charge is 2.20. The van der Waals surface area contributed by atoms with Gasteiger partial charge in [-0.25, -0.2) is 0 Å². The Labute approximate surface area is 201 Å². The molecule has 0 atom stereocenters. The van der Waals surface area contributed by atoms with E-state index in [9.17, 15) is 9.59 Å². The van der Waals surface area contributed by atoms with Gasteiger partial charge in [0.1, 0.15) is 0 Å². The maximum Gasteiger partial charge on any atom is 0.200 e. The molecule has 1 aromatic heterocycles. The number of fused-ring (bicyclic) bond motifs is 1. The molecular formula is C26H21Cl2NO4. The van der Waals surface area contributed by atoms with Crippen LogP contribution < -0.4 is 14.9 Å². The van der Waals surface area contributed by atoms with Crippen LogP contribution in [0.2, 0.25) is 10.0 Å². The number of carbonyl (C=O) groups excluding carboxylic acids is 1. The Morgan fingerprint density at radius 3 is 2.21 bits per heavy atom. The first-order chi connectivity index (χ1) is 15.8. The third kappa shape index (κ3) is 4.47. The number of hydrogen-bond donors (Lipinski definition) is 0. The summed E-state index contributed by atoms with van der Waals surface area (Å²) < 4.78 is 12.7. The van der Waals surface area contributed by atoms with Gasteiger partial charge < -0.3 is 14.0 Å². The zero-order valence-electron chi connectivity index (χ0n) is 18.3. The van der Waals surface area contributed by atoms with E-state index in [0.717, 1.165) is 11.1 Å². The van der Waals surface area contributed by atoms with Crippen LogP contribution in [0.15, 0.2) is 65.6 Å². The number of hydrogen-bond acceptors (Lipinski definition) is 4. The molecule has 0 saturated carbocycles. The first-order valence-corrected chi connectivity index (χ1v) is 10.9. The fraction of sp³-hybridized carbons (Fsp3) is 0.154. The van der Waals surface area contributed by atoms with Gasteiger partial charge in [-0.05, 0) is 30.7 Å². The van der Waals surface area contributed by atoms with E-state index >= 15 is 0 Å². The molecule has 0 bridgehead atoms. The predicted octanol–water partition coefficient (Wildman–Crippen LogP) is 5.91. The molecule has 0 aliphatic rings. The molecule has 33 heavy (non-hydrogen) atoms. The summed E-state index contributed by atoms with van der Waals surface area (Å²) in [7, 11) is 3.03. The summed E-state index contributed by atoms with van der Waals surface area (Å²) in [6, 6.07) is 15.8. The number of aryl methyl sites for hydroxylation is 1. The van der Waals surface area contributed by atoms with E-state index in [1.165, 1.54) is 14.2 Å². The molecule has 7 heteroatoms. The molecule has 0 N–H and O–H groups in total. The van der Waals surface area contributed by atoms with E-state index in [1.54, 1.807) is 42.6 Å². The van der Waals surface area contributed by atoms with Crippen molar-refractivity contribution < 1.29 is 14.3 Å². The topological polar surface area (TPSA) is 57.5 Å². The van der Waals surface area contributed by atoms with Crippen molar-refractivity contribution in [2.75, 3.05) is 14.2 Å². The lowest BCUT2D eigenvalue weighted by Crippen LogP contribution is -2.20. The van der Waals surface area contributed by atoms with Crippen molar-refractivity contribution in [1.29, 1.82) is 0 Å². The van der Waals surface area contributed by atoms with Crippen LogP contribution in [-0.2, 0) is 6.54 Å². The largest absolute Gasteiger partial charge is 0.493 e. The molecule has 0 spiro atoms. The van der Waals surface area contributed by atoms with Gasteiger partial charge in [-0.3, -0.25) is 9.59 Å². The average Bonchev–Trinajstić information content (AvgIpc) is 2.82. The number of carbonyl (C=O) groups is 1. The standard InChI is InChI=1S/C26H21Cl2NO4/c1-15-4-7-17(8-5-15)25(30)19-14-29(13-16-6-9-20(27)21(28)10-16)22-12-24(33-3)23(32-2)11-18(22)26(19)31/h4-12,14H,13H2,1-3H3. The van der Waals surface area contributed by atoms with Crippen LogP contribution in [0.4, 0.5) is 0 Å². The Kier molecular flexibility index (Phi) is 6.45. The van der Waals surface area contributed by atoms with Crippen molar-refractivity contribution in [3.63, 3.8) is 0 Å². The number of aromatic nitrogens is 1. The SMILES string of the molecule is COc1cc2c(=O)c(C(=O)c3ccc(C)cc3)cn(Cc3ccc(Cl)c(Cl)c3)c2cc1OC. The van der Waals surface area contributed by atoms with Crippen LogP contribution in [0.5, 0.6) is 11.5 Å². The van der Waals surface area contributed by atoms with E-state index in [0.29, 0.717) is 44.6 Å². The van der Waals surface area contributed by atoms with Crippen LogP contribution in [0.1, 0.15) is 27.0 Å². The molecule has 0 saturated heterocycles. The maximum atomic E-state index is 13.4. The van der Waals surface area contributed by atoms with Gasteiger partial charge in [-0.15, -0.1) is 0 Å². The third-order valence-corrected chi connectivity index (χ3v) is 6.22. The van der Waals surface area contributed by atoms with Gasteiger partial charge in [-0.1, -0.05) is 59.1 Å². The van der Waals surface area contributed by atoms with E-state index in [1.807, 2.05) is 29.7 Å². The van der Waals surface area contributed by atoms with Crippen molar-refractivity contribution in [1.82, 2.24) is 4.57 Å². The summed E-state index contributed by atoms with van der Waals surface area (Å²) >= 11 is 12.3. The van der Waals surface area contributed by atoms with E-state index in [2.05, 4.69) is 0 Å². The monoisotopic (exact) mass is 481 g/mol. The minimum absolute atomic E-state index is 0.0682. The summed E-state index contributed by atoms with van der Waals surface area (Å²) in [4.78, 5) is 26.7. The Morgan fingerprint density at radius 2 is 1.58 bits per heavy atom. The molecule has 1 heterocycles. The number of rotatable bonds is 6. The number of pyridine rings is 1. The number of halogens is 2. The van der Waals surface area contributed by atoms with Gasteiger partial charge in [0.2, 0.25) is 5.43 Å². The van der Waals surface area contributed by atoms with Gasteiger partial charge in [0.05, 0.1) is 40.7 Å². The lowest BCUT2D eigenvalue weighted by atomic mass is 10.0. The van der Waals surface area contributed by atoms with Crippen molar-refractivity contribution in [3.8, 4) is 11.5 Å². The van der Waals surface area contributed by atoms with Crippen LogP contribution in [-0.4, -0.2) is 24.6 Å². The summed E-state index contributed by atoms with van der Waals surface area (Å²) in [5.74, 6) is 0.535. The molecular weight excluding hydrogens is 461 g/mol. The minimum atomic E-state index is -0.373. The Hall–Kier alpha value is -3.28. The zero-order valence-corrected chi connectivity index (χ0v) is 19.8. The van der Waals surface area contributed by atoms with Crippen LogP contribution in [0.25, 0.3) is 10.9 Å². The van der Waals surface area contributed by atoms with Gasteiger partial charge >= 0.3 is 0 Å². The number of benzene rings is 3. The Balaban J connectivity index is 1.95. The number of methoxy groups -OCH3 is 2. The molecule has 0 radical (unpaired) electrons. The molecule has 168 valence electrons. The highest BCUT2D eigenvalue weighted by molar-refractivity contribution is 6.42. The van der Waals surface area contributed by atoms with Gasteiger partial charge in [0, 0.05) is 24.4 Å². The van der Waals surface area contributed by atoms with Crippen LogP contribution >= 0.6 is 23.2 Å². The van der Waals surface area contributed by atoms with Crippen LogP contribution in [0, 0.1) is 6.92 Å². The molecule has 4 rings (SSSR count). The van der Waals surface area contributed by atoms with Crippen molar-refractivity contribution in [2.24, 2.45) is 0 Å². The molecule has 5 nitrogen and oxygen atoms in total. The average molecular weight is 482 g/mol. The minimum Gasteiger partial charge on any atom is -0.493 e. The van der Waals surface area contributed by atoms with Gasteiger partial charge in [0.25, 0.3) is 0 Å². The summed E-state index contributed by atoms with van der Waals surface area (Å²) in [5.41, 5.74) is 2.63. The molecule has 0 amide bonds. The van der Waals surface area contributed by atoms with Gasteiger partial charge in [-0.2, -0.15) is 0 Å². The maximum absolute atomic E-state index is 13.4.